The molecule has 2 N–H and O–H groups in total. The van der Waals surface area contributed by atoms with Crippen molar-refractivity contribution in [2.75, 3.05) is 13.1 Å². The number of hydrogen-bond donors (Lipinski definition) is 2. The van der Waals surface area contributed by atoms with Crippen LogP contribution >= 0.6 is 0 Å². The summed E-state index contributed by atoms with van der Waals surface area (Å²) in [7, 11) is 0. The zero-order valence-electron chi connectivity index (χ0n) is 7.55. The van der Waals surface area contributed by atoms with E-state index in [2.05, 4.69) is 15.3 Å². The number of H-pyrrole nitrogens is 1. The monoisotopic (exact) mass is 191 g/mol. The first kappa shape index (κ1) is 7.94. The van der Waals surface area contributed by atoms with E-state index in [1.54, 1.807) is 0 Å². The lowest BCUT2D eigenvalue weighted by molar-refractivity contribution is 0.442. The summed E-state index contributed by atoms with van der Waals surface area (Å²) in [5.74, 6) is 0.252. The Morgan fingerprint density at radius 3 is 2.93 bits per heavy atom. The van der Waals surface area contributed by atoms with Crippen molar-refractivity contribution < 1.29 is 4.39 Å². The number of halogens is 1. The maximum absolute atomic E-state index is 12.9. The molecule has 0 atom stereocenters. The molecule has 0 unspecified atom stereocenters. The molecule has 3 rings (SSSR count). The molecule has 0 saturated carbocycles. The summed E-state index contributed by atoms with van der Waals surface area (Å²) in [6.07, 6.45) is 1.24. The average Bonchev–Trinajstić information content (AvgIpc) is 2.43. The second-order valence-corrected chi connectivity index (χ2v) is 3.67. The molecule has 0 radical (unpaired) electrons. The molecule has 4 heteroatoms. The number of nitrogens with one attached hydrogen (secondary N) is 2. The SMILES string of the molecule is Fc1cnc2[nH]c(C3CNC3)cc2c1. The van der Waals surface area contributed by atoms with E-state index >= 15 is 0 Å². The van der Waals surface area contributed by atoms with Gasteiger partial charge in [0.25, 0.3) is 0 Å². The molecule has 14 heavy (non-hydrogen) atoms. The third-order valence-corrected chi connectivity index (χ3v) is 2.68. The Morgan fingerprint density at radius 1 is 1.36 bits per heavy atom. The number of rotatable bonds is 1. The van der Waals surface area contributed by atoms with Gasteiger partial charge in [0.15, 0.2) is 0 Å². The van der Waals surface area contributed by atoms with Crippen LogP contribution in [0.1, 0.15) is 11.6 Å². The quantitative estimate of drug-likeness (QED) is 0.715. The number of aromatic nitrogens is 2. The minimum absolute atomic E-state index is 0.283. The van der Waals surface area contributed by atoms with Gasteiger partial charge in [-0.3, -0.25) is 0 Å². The molecule has 72 valence electrons. The van der Waals surface area contributed by atoms with Crippen LogP contribution < -0.4 is 5.32 Å². The van der Waals surface area contributed by atoms with Crippen LogP contribution in [0.5, 0.6) is 0 Å². The van der Waals surface area contributed by atoms with Gasteiger partial charge < -0.3 is 10.3 Å². The van der Waals surface area contributed by atoms with Gasteiger partial charge in [-0.1, -0.05) is 0 Å². The van der Waals surface area contributed by atoms with Gasteiger partial charge in [0, 0.05) is 30.1 Å². The summed E-state index contributed by atoms with van der Waals surface area (Å²) in [6, 6.07) is 3.49. The molecule has 1 aliphatic rings. The van der Waals surface area contributed by atoms with Crippen LogP contribution in [0, 0.1) is 5.82 Å². The first-order chi connectivity index (χ1) is 6.83. The lowest BCUT2D eigenvalue weighted by Gasteiger charge is -2.25. The Labute approximate surface area is 80.3 Å². The highest BCUT2D eigenvalue weighted by molar-refractivity contribution is 5.76. The molecule has 0 spiro atoms. The Kier molecular flexibility index (Phi) is 1.58. The smallest absolute Gasteiger partial charge is 0.142 e. The average molecular weight is 191 g/mol. The van der Waals surface area contributed by atoms with E-state index in [9.17, 15) is 4.39 Å². The highest BCUT2D eigenvalue weighted by Crippen LogP contribution is 2.23. The molecular weight excluding hydrogens is 181 g/mol. The molecule has 0 aliphatic carbocycles. The van der Waals surface area contributed by atoms with Gasteiger partial charge in [0.1, 0.15) is 11.5 Å². The van der Waals surface area contributed by atoms with Gasteiger partial charge in [0.2, 0.25) is 0 Å². The van der Waals surface area contributed by atoms with Crippen molar-refractivity contribution in [2.45, 2.75) is 5.92 Å². The number of hydrogen-bond acceptors (Lipinski definition) is 2. The van der Waals surface area contributed by atoms with Crippen molar-refractivity contribution >= 4 is 11.0 Å². The Bertz CT molecular complexity index is 473. The van der Waals surface area contributed by atoms with Crippen molar-refractivity contribution in [3.05, 3.63) is 29.8 Å². The lowest BCUT2D eigenvalue weighted by Crippen LogP contribution is -2.40. The molecule has 2 aromatic heterocycles. The Balaban J connectivity index is 2.10. The molecule has 1 aliphatic heterocycles. The van der Waals surface area contributed by atoms with Crippen LogP contribution in [-0.4, -0.2) is 23.1 Å². The van der Waals surface area contributed by atoms with Crippen LogP contribution in [0.15, 0.2) is 18.3 Å². The topological polar surface area (TPSA) is 40.7 Å². The molecule has 0 aromatic carbocycles. The second-order valence-electron chi connectivity index (χ2n) is 3.67. The van der Waals surface area contributed by atoms with E-state index in [0.717, 1.165) is 29.8 Å². The van der Waals surface area contributed by atoms with Crippen LogP contribution in [-0.2, 0) is 0 Å². The van der Waals surface area contributed by atoms with Gasteiger partial charge in [-0.05, 0) is 12.1 Å². The molecule has 0 bridgehead atoms. The molecule has 2 aromatic rings. The number of fused-ring (bicyclic) bond motifs is 1. The summed E-state index contributed by atoms with van der Waals surface area (Å²) in [5, 5.41) is 4.05. The van der Waals surface area contributed by atoms with Crippen molar-refractivity contribution in [3.63, 3.8) is 0 Å². The molecule has 0 amide bonds. The number of aromatic amines is 1. The van der Waals surface area contributed by atoms with Gasteiger partial charge >= 0.3 is 0 Å². The van der Waals surface area contributed by atoms with Crippen molar-refractivity contribution in [3.8, 4) is 0 Å². The van der Waals surface area contributed by atoms with Crippen molar-refractivity contribution in [1.82, 2.24) is 15.3 Å². The maximum Gasteiger partial charge on any atom is 0.142 e. The van der Waals surface area contributed by atoms with E-state index in [1.807, 2.05) is 6.07 Å². The van der Waals surface area contributed by atoms with Gasteiger partial charge in [-0.15, -0.1) is 0 Å². The fourth-order valence-electron chi connectivity index (χ4n) is 1.74. The first-order valence-electron chi connectivity index (χ1n) is 4.68. The van der Waals surface area contributed by atoms with Gasteiger partial charge in [0.05, 0.1) is 6.20 Å². The predicted octanol–water partition coefficient (Wildman–Crippen LogP) is 1.39. The third kappa shape index (κ3) is 1.11. The molecule has 3 nitrogen and oxygen atoms in total. The minimum Gasteiger partial charge on any atom is -0.343 e. The van der Waals surface area contributed by atoms with Crippen LogP contribution in [0.3, 0.4) is 0 Å². The van der Waals surface area contributed by atoms with Crippen LogP contribution in [0.4, 0.5) is 4.39 Å². The van der Waals surface area contributed by atoms with E-state index in [0.29, 0.717) is 5.92 Å². The summed E-state index contributed by atoms with van der Waals surface area (Å²) in [5.41, 5.74) is 1.92. The Hall–Kier alpha value is -1.42. The standard InChI is InChI=1S/C10H10FN3/c11-8-1-6-2-9(7-3-12-4-7)14-10(6)13-5-8/h1-2,5,7,12H,3-4H2,(H,13,14). The van der Waals surface area contributed by atoms with Gasteiger partial charge in [-0.25, -0.2) is 9.37 Å². The number of pyridine rings is 1. The van der Waals surface area contributed by atoms with E-state index in [4.69, 9.17) is 0 Å². The van der Waals surface area contributed by atoms with Crippen molar-refractivity contribution in [2.24, 2.45) is 0 Å². The summed E-state index contributed by atoms with van der Waals surface area (Å²) >= 11 is 0. The van der Waals surface area contributed by atoms with Crippen molar-refractivity contribution in [1.29, 1.82) is 0 Å². The predicted molar refractivity (Wildman–Crippen MR) is 51.7 cm³/mol. The summed E-state index contributed by atoms with van der Waals surface area (Å²) in [6.45, 7) is 1.99. The third-order valence-electron chi connectivity index (χ3n) is 2.68. The highest BCUT2D eigenvalue weighted by Gasteiger charge is 2.20. The molecule has 1 fully saturated rings. The molecule has 1 saturated heterocycles. The summed E-state index contributed by atoms with van der Waals surface area (Å²) < 4.78 is 12.9. The number of nitrogens with zero attached hydrogens (tertiary/aromatic N) is 1. The van der Waals surface area contributed by atoms with Crippen LogP contribution in [0.2, 0.25) is 0 Å². The fraction of sp³-hybridized carbons (Fsp3) is 0.300. The Morgan fingerprint density at radius 2 is 2.21 bits per heavy atom. The lowest BCUT2D eigenvalue weighted by atomic mass is 10.00. The second kappa shape index (κ2) is 2.78. The largest absolute Gasteiger partial charge is 0.343 e. The normalized spacial score (nSPS) is 17.2. The zero-order valence-corrected chi connectivity index (χ0v) is 7.55. The molecule has 3 heterocycles. The highest BCUT2D eigenvalue weighted by atomic mass is 19.1. The van der Waals surface area contributed by atoms with Crippen LogP contribution in [0.25, 0.3) is 11.0 Å². The molecular formula is C10H10FN3. The maximum atomic E-state index is 12.9. The van der Waals surface area contributed by atoms with E-state index in [-0.39, 0.29) is 5.82 Å². The van der Waals surface area contributed by atoms with E-state index < -0.39 is 0 Å². The van der Waals surface area contributed by atoms with Gasteiger partial charge in [-0.2, -0.15) is 0 Å². The summed E-state index contributed by atoms with van der Waals surface area (Å²) in [4.78, 5) is 7.20. The van der Waals surface area contributed by atoms with E-state index in [1.165, 1.54) is 12.3 Å². The first-order valence-corrected chi connectivity index (χ1v) is 4.68. The minimum atomic E-state index is -0.283. The fourth-order valence-corrected chi connectivity index (χ4v) is 1.74. The zero-order chi connectivity index (χ0) is 9.54.